The van der Waals surface area contributed by atoms with Crippen LogP contribution in [0.15, 0.2) is 164 Å². The number of aliphatic carboxylic acids is 1. The molecule has 0 unspecified atom stereocenters. The number of hydroxylamine groups is 2. The minimum atomic E-state index is -2.21. The summed E-state index contributed by atoms with van der Waals surface area (Å²) in [5, 5.41) is 95.8. The van der Waals surface area contributed by atoms with Gasteiger partial charge >= 0.3 is 5.97 Å². The minimum Gasteiger partial charge on any atom is -0.508 e. The lowest BCUT2D eigenvalue weighted by atomic mass is 9.89. The van der Waals surface area contributed by atoms with Crippen molar-refractivity contribution in [1.29, 1.82) is 0 Å². The Balaban J connectivity index is 0.968. The number of unbranched alkanes of at least 4 members (excludes halogenated alkanes) is 2. The molecular formula is C82H78Cl2N8O20. The maximum atomic E-state index is 16.3. The van der Waals surface area contributed by atoms with E-state index in [-0.39, 0.29) is 111 Å². The van der Waals surface area contributed by atoms with Gasteiger partial charge in [0.15, 0.2) is 29.0 Å². The standard InChI is InChI=1S/C82H78Cl2N8O20/c1-3-5-7-41-9-13-43(14-10-41)39-108-85-25-26-107-75-65-34-50-35-66(75)112-63-24-20-48(32-57(63)84)74(98)73-81(104)90-72(82(105)106)55-37-52(94)38-61(97)67(55)54-31-46(18-21-59(54)95)68(77(100)91-73)88-79(102)70(50)89-78(101)69-49-29-51(93)36-53(30-49)110-64-33-47(19-22-60(64)96)71(92-109-40-44-15-11-42(12-16-44)8-6-4-2)80(103)86-58(76(99)87-69)28-45-17-23-62(111-65)56(83)27-45/h9-24,27,29-38,58,68-74,85,92-98H,3-8,25-26,28,39-40H2,1-2H3,(H,86,103)(H,87,99)(H,88,102)(H,89,101)(H,90,104)(H,91,100)(H,105,106)/t58-,68-,69+,70-,71-,72+,73+,74-/m1/s1. The van der Waals surface area contributed by atoms with E-state index in [1.54, 1.807) is 6.07 Å². The van der Waals surface area contributed by atoms with Gasteiger partial charge in [0.2, 0.25) is 41.2 Å². The summed E-state index contributed by atoms with van der Waals surface area (Å²) in [4.78, 5) is 119. The van der Waals surface area contributed by atoms with Crippen LogP contribution in [0, 0.1) is 0 Å². The van der Waals surface area contributed by atoms with Crippen molar-refractivity contribution in [1.82, 2.24) is 42.9 Å². The molecule has 580 valence electrons. The molecule has 0 saturated carbocycles. The summed E-state index contributed by atoms with van der Waals surface area (Å²) >= 11 is 14.4. The lowest BCUT2D eigenvalue weighted by Crippen LogP contribution is -2.55. The van der Waals surface area contributed by atoms with Crippen LogP contribution in [0.3, 0.4) is 0 Å². The zero-order valence-electron chi connectivity index (χ0n) is 60.2. The first-order chi connectivity index (χ1) is 53.9. The molecule has 0 radical (unpaired) electrons. The van der Waals surface area contributed by atoms with Crippen LogP contribution in [0.5, 0.6) is 69.0 Å². The number of aromatic hydroxyl groups is 5. The van der Waals surface area contributed by atoms with Gasteiger partial charge in [-0.25, -0.2) is 4.79 Å². The fourth-order valence-electron chi connectivity index (χ4n) is 13.4. The largest absolute Gasteiger partial charge is 0.508 e. The first-order valence-corrected chi connectivity index (χ1v) is 36.8. The molecule has 0 aliphatic carbocycles. The topological polar surface area (TPSA) is 413 Å². The van der Waals surface area contributed by atoms with Gasteiger partial charge in [-0.1, -0.05) is 123 Å². The van der Waals surface area contributed by atoms with Gasteiger partial charge in [0.25, 0.3) is 0 Å². The lowest BCUT2D eigenvalue weighted by Gasteiger charge is -2.31. The Morgan fingerprint density at radius 1 is 0.500 bits per heavy atom. The van der Waals surface area contributed by atoms with Gasteiger partial charge in [-0.05, 0) is 160 Å². The molecule has 0 saturated heterocycles. The SMILES string of the molecule is CCCCc1ccc(CONCCOc2c3cc4cc2Oc2ccc(cc2Cl)[C@@H](O)[C@@H]2NC(=O)[C@H](NC(=O)[C@@H]4NC(=O)[C@H]4NC(=O)[C@@H](Cc5ccc(c(Cl)c5)O3)NC(=O)[C@H](NOCc3ccc(CCCC)cc3)c3ccc(O)c(c3)Oc3cc(O)cc4c3)c3ccc(O)c(c3)-c3c(O)cc(O)cc3[C@@H](C(=O)O)NC2=O)cc1. The molecule has 8 atom stereocenters. The Kier molecular flexibility index (Phi) is 24.0. The third-order valence-electron chi connectivity index (χ3n) is 19.3. The Morgan fingerprint density at radius 2 is 1.06 bits per heavy atom. The molecule has 9 aromatic rings. The number of carboxylic acid groups (broad SMARTS) is 1. The van der Waals surface area contributed by atoms with E-state index in [1.807, 2.05) is 48.5 Å². The van der Waals surface area contributed by atoms with E-state index in [9.17, 15) is 45.3 Å². The molecule has 28 nitrogen and oxygen atoms in total. The number of phenols is 5. The highest BCUT2D eigenvalue weighted by molar-refractivity contribution is 6.32. The van der Waals surface area contributed by atoms with E-state index in [1.165, 1.54) is 72.3 Å². The van der Waals surface area contributed by atoms with E-state index in [0.717, 1.165) is 97.7 Å². The number of ether oxygens (including phenoxy) is 4. The molecule has 6 heterocycles. The predicted molar refractivity (Wildman–Crippen MR) is 405 cm³/mol. The van der Waals surface area contributed by atoms with E-state index >= 15 is 24.0 Å². The van der Waals surface area contributed by atoms with E-state index < -0.39 is 135 Å². The maximum Gasteiger partial charge on any atom is 0.330 e. The monoisotopic (exact) mass is 1560 g/mol. The van der Waals surface area contributed by atoms with Crippen LogP contribution in [-0.2, 0) is 75.7 Å². The molecule has 112 heavy (non-hydrogen) atoms. The normalized spacial score (nSPS) is 19.5. The van der Waals surface area contributed by atoms with Gasteiger partial charge in [0, 0.05) is 35.2 Å². The molecule has 15 rings (SSSR count). The molecule has 6 amide bonds. The van der Waals surface area contributed by atoms with Crippen molar-refractivity contribution in [2.45, 2.75) is 120 Å². The number of hydrogen-bond donors (Lipinski definition) is 15. The molecule has 30 heteroatoms. The average Bonchev–Trinajstić information content (AvgIpc) is 0.767. The number of benzene rings is 9. The number of hydrogen-bond acceptors (Lipinski definition) is 21. The second-order valence-corrected chi connectivity index (χ2v) is 28.1. The van der Waals surface area contributed by atoms with Crippen molar-refractivity contribution < 1.29 is 97.9 Å². The zero-order valence-corrected chi connectivity index (χ0v) is 61.7. The van der Waals surface area contributed by atoms with E-state index in [4.69, 9.17) is 51.8 Å². The van der Waals surface area contributed by atoms with Crippen LogP contribution < -0.4 is 61.8 Å². The Hall–Kier alpha value is -12.2. The van der Waals surface area contributed by atoms with E-state index in [2.05, 4.69) is 56.7 Å². The smallest absolute Gasteiger partial charge is 0.330 e. The van der Waals surface area contributed by atoms with Crippen molar-refractivity contribution in [3.8, 4) is 80.1 Å². The second kappa shape index (κ2) is 34.4. The number of aliphatic hydroxyl groups excluding tert-OH is 1. The minimum absolute atomic E-state index is 0.00566. The summed E-state index contributed by atoms with van der Waals surface area (Å²) in [6, 6.07) is 25.0. The highest BCUT2D eigenvalue weighted by atomic mass is 35.5. The fourth-order valence-corrected chi connectivity index (χ4v) is 13.9. The highest BCUT2D eigenvalue weighted by Crippen LogP contribution is 2.49. The first-order valence-electron chi connectivity index (χ1n) is 36.0. The summed E-state index contributed by atoms with van der Waals surface area (Å²) in [5.41, 5.74) is 7.78. The quantitative estimate of drug-likeness (QED) is 0.0280. The van der Waals surface area contributed by atoms with Crippen LogP contribution in [0.1, 0.15) is 137 Å². The van der Waals surface area contributed by atoms with Gasteiger partial charge in [0.1, 0.15) is 89.2 Å². The Bertz CT molecular complexity index is 5110. The number of aryl methyl sites for hydroxylation is 2. The number of halogens is 2. The molecular weight excluding hydrogens is 1490 g/mol. The van der Waals surface area contributed by atoms with Crippen LogP contribution >= 0.6 is 23.2 Å². The third-order valence-corrected chi connectivity index (χ3v) is 19.9. The number of fused-ring (bicyclic) bond motifs is 14. The summed E-state index contributed by atoms with van der Waals surface area (Å²) < 4.78 is 26.3. The Labute approximate surface area is 650 Å². The lowest BCUT2D eigenvalue weighted by molar-refractivity contribution is -0.143. The summed E-state index contributed by atoms with van der Waals surface area (Å²) in [6.07, 6.45) is 3.38. The third kappa shape index (κ3) is 17.8. The van der Waals surface area contributed by atoms with Gasteiger partial charge in [-0.2, -0.15) is 11.0 Å². The van der Waals surface area contributed by atoms with Gasteiger partial charge in [-0.15, -0.1) is 0 Å². The number of aliphatic hydroxyl groups is 1. The van der Waals surface area contributed by atoms with Crippen LogP contribution in [-0.4, -0.2) is 102 Å². The highest BCUT2D eigenvalue weighted by Gasteiger charge is 2.42. The van der Waals surface area contributed by atoms with Gasteiger partial charge < -0.3 is 86.6 Å². The molecule has 17 bridgehead atoms. The summed E-state index contributed by atoms with van der Waals surface area (Å²) in [7, 11) is 0. The van der Waals surface area contributed by atoms with Crippen LogP contribution in [0.25, 0.3) is 11.1 Å². The summed E-state index contributed by atoms with van der Waals surface area (Å²) in [5.74, 6) is -13.7. The maximum absolute atomic E-state index is 16.3. The number of carbonyl (C=O) groups excluding carboxylic acids is 6. The molecule has 0 spiro atoms. The number of rotatable bonds is 18. The first kappa shape index (κ1) is 78.0. The van der Waals surface area contributed by atoms with Crippen molar-refractivity contribution in [3.63, 3.8) is 0 Å². The van der Waals surface area contributed by atoms with Crippen molar-refractivity contribution in [2.75, 3.05) is 13.2 Å². The van der Waals surface area contributed by atoms with Crippen molar-refractivity contribution >= 4 is 64.6 Å². The van der Waals surface area contributed by atoms with Crippen molar-refractivity contribution in [3.05, 3.63) is 235 Å². The summed E-state index contributed by atoms with van der Waals surface area (Å²) in [6.45, 7) is 4.10. The zero-order chi connectivity index (χ0) is 79.0. The van der Waals surface area contributed by atoms with E-state index in [0.29, 0.717) is 5.56 Å². The fraction of sp³-hybridized carbons (Fsp3) is 0.256. The molecule has 9 aromatic carbocycles. The van der Waals surface area contributed by atoms with Crippen LogP contribution in [0.4, 0.5) is 0 Å². The predicted octanol–water partition coefficient (Wildman–Crippen LogP) is 10.8. The molecule has 0 fully saturated rings. The molecule has 6 aliphatic rings. The van der Waals surface area contributed by atoms with Crippen LogP contribution in [0.2, 0.25) is 10.0 Å². The number of carboxylic acids is 1. The average molecular weight is 1570 g/mol. The molecule has 15 N–H and O–H groups in total. The van der Waals surface area contributed by atoms with Gasteiger partial charge in [0.05, 0.1) is 29.8 Å². The van der Waals surface area contributed by atoms with Crippen molar-refractivity contribution in [2.24, 2.45) is 0 Å². The van der Waals surface area contributed by atoms with Gasteiger partial charge in [-0.3, -0.25) is 38.4 Å². The number of carbonyl (C=O) groups is 7. The number of nitrogens with one attached hydrogen (secondary N) is 8. The molecule has 0 aromatic heterocycles. The Morgan fingerprint density at radius 3 is 1.71 bits per heavy atom. The molecule has 6 aliphatic heterocycles. The second-order valence-electron chi connectivity index (χ2n) is 27.3. The number of amides is 6. The number of phenolic OH excluding ortho intramolecular Hbond substituents is 5.